The molecule has 16 heavy (non-hydrogen) atoms. The maximum Gasteiger partial charge on any atom is 0.133 e. The number of hydrogen-bond donors (Lipinski definition) is 2. The summed E-state index contributed by atoms with van der Waals surface area (Å²) in [7, 11) is 0. The van der Waals surface area contributed by atoms with E-state index >= 15 is 0 Å². The minimum absolute atomic E-state index is 0.138. The molecule has 0 bridgehead atoms. The highest BCUT2D eigenvalue weighted by atomic mass is 32.1. The summed E-state index contributed by atoms with van der Waals surface area (Å²) in [4.78, 5) is 22.7. The van der Waals surface area contributed by atoms with Crippen molar-refractivity contribution in [1.29, 1.82) is 0 Å². The molecule has 0 aliphatic rings. The van der Waals surface area contributed by atoms with Crippen molar-refractivity contribution < 1.29 is 9.59 Å². The van der Waals surface area contributed by atoms with Gasteiger partial charge in [-0.15, -0.1) is 0 Å². The second kappa shape index (κ2) is 9.11. The maximum atomic E-state index is 11.3. The lowest BCUT2D eigenvalue weighted by atomic mass is 10.0. The van der Waals surface area contributed by atoms with Crippen molar-refractivity contribution in [3.63, 3.8) is 0 Å². The number of unbranched alkanes of at least 4 members (excludes halogenated alkanes) is 1. The molecule has 4 heteroatoms. The summed E-state index contributed by atoms with van der Waals surface area (Å²) in [6.07, 6.45) is 3.84. The highest BCUT2D eigenvalue weighted by molar-refractivity contribution is 7.81. The van der Waals surface area contributed by atoms with Gasteiger partial charge in [0.25, 0.3) is 0 Å². The second-order valence-electron chi connectivity index (χ2n) is 4.39. The molecule has 94 valence electrons. The van der Waals surface area contributed by atoms with Gasteiger partial charge >= 0.3 is 0 Å². The van der Waals surface area contributed by atoms with E-state index in [4.69, 9.17) is 0 Å². The first kappa shape index (κ1) is 16.0. The average Bonchev–Trinajstić information content (AvgIpc) is 2.10. The third-order valence-electron chi connectivity index (χ3n) is 2.21. The number of ketones is 2. The van der Waals surface area contributed by atoms with E-state index in [0.717, 1.165) is 12.8 Å². The summed E-state index contributed by atoms with van der Waals surface area (Å²) in [6.45, 7) is 3.83. The average molecular weight is 262 g/mol. The predicted octanol–water partition coefficient (Wildman–Crippen LogP) is 3.10. The van der Waals surface area contributed by atoms with Crippen LogP contribution in [0.4, 0.5) is 0 Å². The van der Waals surface area contributed by atoms with E-state index in [1.807, 2.05) is 13.8 Å². The first-order chi connectivity index (χ1) is 7.41. The Morgan fingerprint density at radius 1 is 0.875 bits per heavy atom. The zero-order valence-electron chi connectivity index (χ0n) is 10.1. The summed E-state index contributed by atoms with van der Waals surface area (Å²) in [6, 6.07) is 0. The lowest BCUT2D eigenvalue weighted by molar-refractivity contribution is -0.120. The van der Waals surface area contributed by atoms with Crippen LogP contribution in [0.15, 0.2) is 0 Å². The lowest BCUT2D eigenvalue weighted by Crippen LogP contribution is -2.06. The summed E-state index contributed by atoms with van der Waals surface area (Å²) in [5, 5.41) is 0.276. The number of carbonyl (C=O) groups is 2. The van der Waals surface area contributed by atoms with Gasteiger partial charge in [0.2, 0.25) is 0 Å². The molecule has 0 radical (unpaired) electrons. The second-order valence-corrected chi connectivity index (χ2v) is 6.15. The molecule has 0 N–H and O–H groups in total. The Kier molecular flexibility index (Phi) is 9.13. The molecule has 0 saturated carbocycles. The number of rotatable bonds is 9. The first-order valence-corrected chi connectivity index (χ1v) is 6.84. The highest BCUT2D eigenvalue weighted by Crippen LogP contribution is 2.09. The number of hydrogen-bond acceptors (Lipinski definition) is 4. The van der Waals surface area contributed by atoms with E-state index in [9.17, 15) is 9.59 Å². The number of thiol groups is 2. The van der Waals surface area contributed by atoms with Crippen molar-refractivity contribution in [1.82, 2.24) is 0 Å². The predicted molar refractivity (Wildman–Crippen MR) is 74.6 cm³/mol. The zero-order valence-corrected chi connectivity index (χ0v) is 11.9. The molecule has 2 unspecified atom stereocenters. The fourth-order valence-electron chi connectivity index (χ4n) is 1.51. The topological polar surface area (TPSA) is 34.1 Å². The van der Waals surface area contributed by atoms with Gasteiger partial charge in [-0.2, -0.15) is 25.3 Å². The monoisotopic (exact) mass is 262 g/mol. The molecule has 0 aromatic carbocycles. The Hall–Kier alpha value is 0.0400. The SMILES string of the molecule is CC(S)CC(=O)CCCCC(=O)CC(C)S. The summed E-state index contributed by atoms with van der Waals surface area (Å²) in [5.41, 5.74) is 0. The molecule has 0 fully saturated rings. The van der Waals surface area contributed by atoms with Crippen LogP contribution in [0.2, 0.25) is 0 Å². The van der Waals surface area contributed by atoms with Gasteiger partial charge < -0.3 is 0 Å². The Balaban J connectivity index is 3.46. The van der Waals surface area contributed by atoms with E-state index in [1.165, 1.54) is 0 Å². The summed E-state index contributed by atoms with van der Waals surface area (Å²) >= 11 is 8.34. The van der Waals surface area contributed by atoms with Gasteiger partial charge in [0.1, 0.15) is 11.6 Å². The molecular weight excluding hydrogens is 240 g/mol. The van der Waals surface area contributed by atoms with Crippen molar-refractivity contribution in [2.75, 3.05) is 0 Å². The first-order valence-electron chi connectivity index (χ1n) is 5.81. The molecule has 0 heterocycles. The molecule has 0 aromatic rings. The van der Waals surface area contributed by atoms with E-state index in [-0.39, 0.29) is 22.1 Å². The number of Topliss-reactive ketones (excluding diaryl/α,β-unsaturated/α-hetero) is 2. The molecule has 0 rings (SSSR count). The van der Waals surface area contributed by atoms with Gasteiger partial charge in [-0.05, 0) is 12.8 Å². The lowest BCUT2D eigenvalue weighted by Gasteiger charge is -2.04. The van der Waals surface area contributed by atoms with Crippen LogP contribution in [0.5, 0.6) is 0 Å². The third kappa shape index (κ3) is 10.6. The minimum Gasteiger partial charge on any atom is -0.300 e. The van der Waals surface area contributed by atoms with Crippen LogP contribution in [-0.4, -0.2) is 22.1 Å². The van der Waals surface area contributed by atoms with Crippen molar-refractivity contribution >= 4 is 36.8 Å². The Labute approximate surface area is 109 Å². The van der Waals surface area contributed by atoms with Gasteiger partial charge in [-0.25, -0.2) is 0 Å². The van der Waals surface area contributed by atoms with Crippen molar-refractivity contribution in [3.05, 3.63) is 0 Å². The van der Waals surface area contributed by atoms with Gasteiger partial charge in [-0.3, -0.25) is 9.59 Å². The van der Waals surface area contributed by atoms with Crippen LogP contribution in [0, 0.1) is 0 Å². The van der Waals surface area contributed by atoms with E-state index in [0.29, 0.717) is 25.7 Å². The van der Waals surface area contributed by atoms with Crippen LogP contribution in [0.3, 0.4) is 0 Å². The number of carbonyl (C=O) groups excluding carboxylic acids is 2. The highest BCUT2D eigenvalue weighted by Gasteiger charge is 2.07. The molecule has 2 atom stereocenters. The molecule has 0 saturated heterocycles. The Morgan fingerprint density at radius 2 is 1.19 bits per heavy atom. The van der Waals surface area contributed by atoms with Crippen LogP contribution >= 0.6 is 25.3 Å². The summed E-state index contributed by atoms with van der Waals surface area (Å²) < 4.78 is 0. The maximum absolute atomic E-state index is 11.3. The van der Waals surface area contributed by atoms with Crippen molar-refractivity contribution in [2.24, 2.45) is 0 Å². The van der Waals surface area contributed by atoms with Crippen molar-refractivity contribution in [3.8, 4) is 0 Å². The van der Waals surface area contributed by atoms with E-state index < -0.39 is 0 Å². The van der Waals surface area contributed by atoms with Gasteiger partial charge in [-0.1, -0.05) is 13.8 Å². The van der Waals surface area contributed by atoms with E-state index in [1.54, 1.807) is 0 Å². The third-order valence-corrected chi connectivity index (χ3v) is 2.57. The molecule has 0 aromatic heterocycles. The quantitative estimate of drug-likeness (QED) is 0.494. The molecule has 0 amide bonds. The fraction of sp³-hybridized carbons (Fsp3) is 0.833. The Bertz CT molecular complexity index is 201. The van der Waals surface area contributed by atoms with Gasteiger partial charge in [0.15, 0.2) is 0 Å². The minimum atomic E-state index is 0.138. The van der Waals surface area contributed by atoms with Gasteiger partial charge in [0.05, 0.1) is 0 Å². The molecule has 2 nitrogen and oxygen atoms in total. The largest absolute Gasteiger partial charge is 0.300 e. The van der Waals surface area contributed by atoms with Gasteiger partial charge in [0, 0.05) is 36.2 Å². The Morgan fingerprint density at radius 3 is 1.44 bits per heavy atom. The molecule has 0 aliphatic heterocycles. The van der Waals surface area contributed by atoms with Crippen LogP contribution in [0.25, 0.3) is 0 Å². The van der Waals surface area contributed by atoms with Crippen LogP contribution in [-0.2, 0) is 9.59 Å². The zero-order chi connectivity index (χ0) is 12.6. The standard InChI is InChI=1S/C12H22O2S2/c1-9(15)7-11(13)5-3-4-6-12(14)8-10(2)16/h9-10,15-16H,3-8H2,1-2H3. The van der Waals surface area contributed by atoms with Crippen LogP contribution in [0.1, 0.15) is 52.4 Å². The van der Waals surface area contributed by atoms with E-state index in [2.05, 4.69) is 25.3 Å². The fourth-order valence-corrected chi connectivity index (χ4v) is 1.91. The molecule has 0 spiro atoms. The summed E-state index contributed by atoms with van der Waals surface area (Å²) in [5.74, 6) is 0.495. The normalized spacial score (nSPS) is 14.5. The van der Waals surface area contributed by atoms with Crippen LogP contribution < -0.4 is 0 Å². The van der Waals surface area contributed by atoms with Crippen molar-refractivity contribution in [2.45, 2.75) is 62.9 Å². The molecule has 0 aliphatic carbocycles. The molecular formula is C12H22O2S2. The smallest absolute Gasteiger partial charge is 0.133 e.